The molecule has 0 saturated carbocycles. The molecular formula is C29H29Cl2F2N3O4. The molecule has 0 unspecified atom stereocenters. The minimum Gasteiger partial charge on any atom is -0.433 e. The molecule has 2 aromatic carbocycles. The summed E-state index contributed by atoms with van der Waals surface area (Å²) in [5.41, 5.74) is 4.09. The first-order valence-electron chi connectivity index (χ1n) is 13.0. The van der Waals surface area contributed by atoms with E-state index < -0.39 is 11.9 Å². The predicted molar refractivity (Wildman–Crippen MR) is 148 cm³/mol. The molecule has 0 bridgehead atoms. The van der Waals surface area contributed by atoms with E-state index in [0.717, 1.165) is 18.7 Å². The summed E-state index contributed by atoms with van der Waals surface area (Å²) in [6.45, 7) is 2.38. The highest BCUT2D eigenvalue weighted by molar-refractivity contribution is 6.68. The van der Waals surface area contributed by atoms with E-state index in [1.165, 1.54) is 17.7 Å². The number of benzene rings is 2. The number of aromatic nitrogens is 1. The van der Waals surface area contributed by atoms with Crippen molar-refractivity contribution in [1.82, 2.24) is 14.4 Å². The first kappa shape index (κ1) is 28.5. The summed E-state index contributed by atoms with van der Waals surface area (Å²) in [6.07, 6.45) is 0.650. The Kier molecular flexibility index (Phi) is 8.47. The Labute approximate surface area is 241 Å². The van der Waals surface area contributed by atoms with Gasteiger partial charge in [-0.3, -0.25) is 14.5 Å². The average Bonchev–Trinajstić information content (AvgIpc) is 3.23. The van der Waals surface area contributed by atoms with Crippen LogP contribution in [-0.4, -0.2) is 71.0 Å². The molecule has 2 aliphatic heterocycles. The van der Waals surface area contributed by atoms with Crippen molar-refractivity contribution in [3.05, 3.63) is 75.4 Å². The molecule has 7 nitrogen and oxygen atoms in total. The van der Waals surface area contributed by atoms with Gasteiger partial charge in [0.2, 0.25) is 0 Å². The van der Waals surface area contributed by atoms with Crippen LogP contribution in [0, 0.1) is 6.92 Å². The molecule has 1 atom stereocenters. The van der Waals surface area contributed by atoms with Crippen LogP contribution < -0.4 is 4.74 Å². The number of hydrogen-bond acceptors (Lipinski definition) is 5. The fourth-order valence-corrected chi connectivity index (χ4v) is 5.91. The summed E-state index contributed by atoms with van der Waals surface area (Å²) in [7, 11) is 1.73. The number of rotatable bonds is 7. The van der Waals surface area contributed by atoms with Crippen molar-refractivity contribution in [2.75, 3.05) is 32.8 Å². The molecule has 11 heteroatoms. The van der Waals surface area contributed by atoms with Gasteiger partial charge in [0.1, 0.15) is 5.75 Å². The normalized spacial score (nSPS) is 17.7. The van der Waals surface area contributed by atoms with Gasteiger partial charge in [-0.05, 0) is 54.3 Å². The summed E-state index contributed by atoms with van der Waals surface area (Å²) in [6, 6.07) is 12.1. The molecule has 1 amide bonds. The van der Waals surface area contributed by atoms with E-state index in [-0.39, 0.29) is 33.8 Å². The van der Waals surface area contributed by atoms with Crippen LogP contribution in [0.3, 0.4) is 0 Å². The largest absolute Gasteiger partial charge is 0.433 e. The summed E-state index contributed by atoms with van der Waals surface area (Å²) < 4.78 is 38.4. The van der Waals surface area contributed by atoms with Crippen LogP contribution in [0.2, 0.25) is 5.02 Å². The van der Waals surface area contributed by atoms with Crippen molar-refractivity contribution in [3.8, 4) is 17.0 Å². The van der Waals surface area contributed by atoms with Crippen LogP contribution in [0.25, 0.3) is 11.3 Å². The number of morpholine rings is 1. The second-order valence-corrected chi connectivity index (χ2v) is 10.8. The lowest BCUT2D eigenvalue weighted by Crippen LogP contribution is -2.52. The van der Waals surface area contributed by atoms with Crippen LogP contribution in [0.5, 0.6) is 5.75 Å². The number of alkyl halides is 2. The second-order valence-electron chi connectivity index (χ2n) is 10.0. The highest BCUT2D eigenvalue weighted by Crippen LogP contribution is 2.38. The van der Waals surface area contributed by atoms with Crippen molar-refractivity contribution in [1.29, 1.82) is 0 Å². The zero-order valence-corrected chi connectivity index (χ0v) is 23.6. The number of carbonyl (C=O) groups excluding carboxylic acids is 2. The maximum absolute atomic E-state index is 14.4. The molecule has 0 radical (unpaired) electrons. The maximum Gasteiger partial charge on any atom is 0.387 e. The van der Waals surface area contributed by atoms with Gasteiger partial charge in [-0.1, -0.05) is 35.9 Å². The molecule has 0 N–H and O–H groups in total. The molecule has 0 aliphatic carbocycles. The van der Waals surface area contributed by atoms with Crippen molar-refractivity contribution in [2.45, 2.75) is 32.5 Å². The zero-order valence-electron chi connectivity index (χ0n) is 22.1. The number of carbonyl (C=O) groups is 2. The number of hydrogen-bond donors (Lipinski definition) is 0. The lowest BCUT2D eigenvalue weighted by molar-refractivity contribution is -0.0498. The summed E-state index contributed by atoms with van der Waals surface area (Å²) in [4.78, 5) is 30.6. The van der Waals surface area contributed by atoms with E-state index in [2.05, 4.69) is 15.7 Å². The van der Waals surface area contributed by atoms with Crippen molar-refractivity contribution >= 4 is 34.4 Å². The number of halogens is 4. The van der Waals surface area contributed by atoms with Gasteiger partial charge in [-0.2, -0.15) is 8.78 Å². The topological polar surface area (TPSA) is 64.0 Å². The van der Waals surface area contributed by atoms with E-state index in [4.69, 9.17) is 27.9 Å². The molecule has 3 heterocycles. The molecule has 2 aliphatic rings. The van der Waals surface area contributed by atoms with Gasteiger partial charge in [0.25, 0.3) is 11.1 Å². The van der Waals surface area contributed by atoms with Crippen LogP contribution in [0.15, 0.2) is 42.5 Å². The Balaban J connectivity index is 1.61. The monoisotopic (exact) mass is 591 g/mol. The van der Waals surface area contributed by atoms with E-state index >= 15 is 0 Å². The van der Waals surface area contributed by atoms with Gasteiger partial charge >= 0.3 is 6.61 Å². The molecule has 1 aromatic heterocycles. The SMILES string of the molecule is Cc1c(C(=O)Cl)cc(-c2cc(Cl)c(OC(F)F)cc2C(=O)N2Cc3ccccc3C[C@H]2CN2CCOCC2)n1C. The van der Waals surface area contributed by atoms with Crippen LogP contribution >= 0.6 is 23.2 Å². The lowest BCUT2D eigenvalue weighted by atomic mass is 9.92. The third-order valence-corrected chi connectivity index (χ3v) is 8.23. The van der Waals surface area contributed by atoms with Gasteiger partial charge in [-0.15, -0.1) is 0 Å². The quantitative estimate of drug-likeness (QED) is 0.338. The smallest absolute Gasteiger partial charge is 0.387 e. The summed E-state index contributed by atoms with van der Waals surface area (Å²) in [5, 5.41) is -0.729. The number of nitrogens with zero attached hydrogens (tertiary/aromatic N) is 3. The molecule has 212 valence electrons. The van der Waals surface area contributed by atoms with Crippen LogP contribution in [0.1, 0.15) is 37.5 Å². The number of fused-ring (bicyclic) bond motifs is 1. The molecule has 5 rings (SSSR count). The minimum atomic E-state index is -3.13. The molecule has 1 fully saturated rings. The second kappa shape index (κ2) is 11.9. The Morgan fingerprint density at radius 2 is 1.80 bits per heavy atom. The minimum absolute atomic E-state index is 0.0849. The first-order chi connectivity index (χ1) is 19.1. The van der Waals surface area contributed by atoms with E-state index in [1.807, 2.05) is 18.2 Å². The highest BCUT2D eigenvalue weighted by Gasteiger charge is 2.34. The van der Waals surface area contributed by atoms with Gasteiger partial charge in [0.15, 0.2) is 0 Å². The van der Waals surface area contributed by atoms with Crippen LogP contribution in [0.4, 0.5) is 8.78 Å². The molecule has 0 spiro atoms. The summed E-state index contributed by atoms with van der Waals surface area (Å²) >= 11 is 12.2. The fraction of sp³-hybridized carbons (Fsp3) is 0.379. The molecule has 1 saturated heterocycles. The predicted octanol–water partition coefficient (Wildman–Crippen LogP) is 5.53. The highest BCUT2D eigenvalue weighted by atomic mass is 35.5. The Hall–Kier alpha value is -2.98. The Bertz CT molecular complexity index is 1440. The van der Waals surface area contributed by atoms with Gasteiger partial charge in [0.05, 0.1) is 29.4 Å². The maximum atomic E-state index is 14.4. The fourth-order valence-electron chi connectivity index (χ4n) is 5.51. The number of amides is 1. The standard InChI is InChI=1S/C29H29Cl2F2N3O4/c1-17-21(27(31)37)13-25(34(17)2)22-12-24(30)26(40-29(32)33)14-23(22)28(38)36-15-19-6-4-3-5-18(19)11-20(36)16-35-7-9-39-10-8-35/h3-6,12-14,20,29H,7-11,15-16H2,1-2H3/t20-/m0/s1. The zero-order chi connectivity index (χ0) is 28.6. The molecule has 3 aromatic rings. The number of ether oxygens (including phenoxy) is 2. The third kappa shape index (κ3) is 5.74. The lowest BCUT2D eigenvalue weighted by Gasteiger charge is -2.40. The molecular weight excluding hydrogens is 563 g/mol. The van der Waals surface area contributed by atoms with Gasteiger partial charge in [-0.25, -0.2) is 0 Å². The Morgan fingerprint density at radius 1 is 1.10 bits per heavy atom. The van der Waals surface area contributed by atoms with Crippen molar-refractivity contribution < 1.29 is 27.8 Å². The van der Waals surface area contributed by atoms with Gasteiger partial charge in [0, 0.05) is 56.2 Å². The first-order valence-corrected chi connectivity index (χ1v) is 13.7. The Morgan fingerprint density at radius 3 is 2.45 bits per heavy atom. The van der Waals surface area contributed by atoms with E-state index in [0.29, 0.717) is 49.7 Å². The average molecular weight is 592 g/mol. The van der Waals surface area contributed by atoms with E-state index in [1.54, 1.807) is 29.5 Å². The molecule has 40 heavy (non-hydrogen) atoms. The summed E-state index contributed by atoms with van der Waals surface area (Å²) in [5.74, 6) is -0.651. The van der Waals surface area contributed by atoms with Crippen molar-refractivity contribution in [3.63, 3.8) is 0 Å². The van der Waals surface area contributed by atoms with Crippen LogP contribution in [-0.2, 0) is 24.8 Å². The third-order valence-electron chi connectivity index (χ3n) is 7.73. The van der Waals surface area contributed by atoms with E-state index in [9.17, 15) is 18.4 Å². The van der Waals surface area contributed by atoms with Gasteiger partial charge < -0.3 is 18.9 Å². The van der Waals surface area contributed by atoms with Crippen molar-refractivity contribution in [2.24, 2.45) is 7.05 Å².